The summed E-state index contributed by atoms with van der Waals surface area (Å²) in [6.07, 6.45) is 3.23. The van der Waals surface area contributed by atoms with E-state index in [0.717, 1.165) is 30.0 Å². The van der Waals surface area contributed by atoms with Gasteiger partial charge in [0.25, 0.3) is 0 Å². The summed E-state index contributed by atoms with van der Waals surface area (Å²) in [7, 11) is 0. The summed E-state index contributed by atoms with van der Waals surface area (Å²) >= 11 is 0. The van der Waals surface area contributed by atoms with E-state index in [9.17, 15) is 9.18 Å². The van der Waals surface area contributed by atoms with Gasteiger partial charge >= 0.3 is 0 Å². The number of carbonyl (C=O) groups excluding carboxylic acids is 1. The number of aromatic nitrogens is 2. The summed E-state index contributed by atoms with van der Waals surface area (Å²) in [6, 6.07) is 6.47. The molecule has 1 atom stereocenters. The lowest BCUT2D eigenvalue weighted by Crippen LogP contribution is -2.45. The molecule has 1 fully saturated rings. The highest BCUT2D eigenvalue weighted by Gasteiger charge is 2.44. The van der Waals surface area contributed by atoms with Gasteiger partial charge in [0.15, 0.2) is 0 Å². The van der Waals surface area contributed by atoms with Crippen molar-refractivity contribution in [3.63, 3.8) is 0 Å². The van der Waals surface area contributed by atoms with Gasteiger partial charge < -0.3 is 14.2 Å². The molecule has 2 aliphatic heterocycles. The fraction of sp³-hybridized carbons (Fsp3) is 0.500. The maximum Gasteiger partial charge on any atom is 0.222 e. The van der Waals surface area contributed by atoms with Crippen LogP contribution < -0.4 is 0 Å². The minimum absolute atomic E-state index is 0.204. The van der Waals surface area contributed by atoms with E-state index in [1.165, 1.54) is 12.1 Å². The highest BCUT2D eigenvalue weighted by molar-refractivity contribution is 5.76. The van der Waals surface area contributed by atoms with E-state index in [0.29, 0.717) is 32.0 Å². The number of ether oxygens (including phenoxy) is 1. The number of carbonyl (C=O) groups is 1. The largest absolute Gasteiger partial charge is 0.363 e. The van der Waals surface area contributed by atoms with Gasteiger partial charge in [0.1, 0.15) is 23.8 Å². The van der Waals surface area contributed by atoms with Gasteiger partial charge in [-0.25, -0.2) is 9.37 Å². The third-order valence-electron chi connectivity index (χ3n) is 5.28. The van der Waals surface area contributed by atoms with Crippen LogP contribution in [0.4, 0.5) is 4.39 Å². The predicted molar refractivity (Wildman–Crippen MR) is 95.8 cm³/mol. The van der Waals surface area contributed by atoms with Crippen LogP contribution in [-0.2, 0) is 22.7 Å². The van der Waals surface area contributed by atoms with Gasteiger partial charge in [-0.05, 0) is 42.2 Å². The summed E-state index contributed by atoms with van der Waals surface area (Å²) in [5, 5.41) is 0. The van der Waals surface area contributed by atoms with Crippen LogP contribution in [0.1, 0.15) is 32.5 Å². The molecule has 26 heavy (non-hydrogen) atoms. The van der Waals surface area contributed by atoms with Crippen molar-refractivity contribution in [2.45, 2.75) is 45.4 Å². The number of fused-ring (bicyclic) bond motifs is 1. The van der Waals surface area contributed by atoms with Crippen LogP contribution in [0.2, 0.25) is 0 Å². The zero-order chi connectivity index (χ0) is 18.3. The minimum Gasteiger partial charge on any atom is -0.363 e. The lowest BCUT2D eigenvalue weighted by atomic mass is 10.0. The first-order valence-corrected chi connectivity index (χ1v) is 9.18. The van der Waals surface area contributed by atoms with Crippen molar-refractivity contribution >= 4 is 5.91 Å². The molecule has 0 saturated carbocycles. The molecule has 1 spiro atoms. The van der Waals surface area contributed by atoms with Gasteiger partial charge in [-0.2, -0.15) is 0 Å². The predicted octanol–water partition coefficient (Wildman–Crippen LogP) is 3.24. The minimum atomic E-state index is -0.352. The maximum atomic E-state index is 13.2. The highest BCUT2D eigenvalue weighted by Crippen LogP contribution is 2.35. The molecule has 138 valence electrons. The van der Waals surface area contributed by atoms with Gasteiger partial charge in [-0.15, -0.1) is 0 Å². The molecule has 4 rings (SSSR count). The van der Waals surface area contributed by atoms with E-state index in [4.69, 9.17) is 4.74 Å². The normalized spacial score (nSPS) is 22.2. The van der Waals surface area contributed by atoms with Gasteiger partial charge in [0.05, 0.1) is 25.0 Å². The molecule has 1 saturated heterocycles. The molecule has 5 nitrogen and oxygen atoms in total. The monoisotopic (exact) mass is 357 g/mol. The lowest BCUT2D eigenvalue weighted by Gasteiger charge is -2.35. The molecule has 3 heterocycles. The van der Waals surface area contributed by atoms with Crippen molar-refractivity contribution in [3.8, 4) is 11.3 Å². The van der Waals surface area contributed by atoms with Crippen molar-refractivity contribution in [1.29, 1.82) is 0 Å². The standard InChI is InChI=1S/C20H24FN3O2/c1-14(2)9-19(25)23-8-7-20(12-23)13-24-17(10-22-18(24)11-26-20)15-3-5-16(21)6-4-15/h3-6,10,14H,7-9,11-13H2,1-2H3. The summed E-state index contributed by atoms with van der Waals surface area (Å²) in [4.78, 5) is 18.8. The molecule has 1 unspecified atom stereocenters. The molecule has 0 bridgehead atoms. The molecule has 1 aromatic heterocycles. The number of halogens is 1. The van der Waals surface area contributed by atoms with Crippen LogP contribution in [0, 0.1) is 11.7 Å². The topological polar surface area (TPSA) is 47.4 Å². The second kappa shape index (κ2) is 6.50. The lowest BCUT2D eigenvalue weighted by molar-refractivity contribution is -0.134. The second-order valence-corrected chi connectivity index (χ2v) is 7.79. The number of likely N-dealkylation sites (tertiary alicyclic amines) is 1. The average molecular weight is 357 g/mol. The molecule has 1 amide bonds. The van der Waals surface area contributed by atoms with Crippen LogP contribution in [0.25, 0.3) is 11.3 Å². The summed E-state index contributed by atoms with van der Waals surface area (Å²) in [5.74, 6) is 1.19. The zero-order valence-corrected chi connectivity index (χ0v) is 15.2. The number of imidazole rings is 1. The van der Waals surface area contributed by atoms with Gasteiger partial charge in [0, 0.05) is 13.0 Å². The van der Waals surface area contributed by atoms with Crippen LogP contribution in [0.3, 0.4) is 0 Å². The molecular formula is C20H24FN3O2. The molecule has 2 aromatic rings. The first-order valence-electron chi connectivity index (χ1n) is 9.18. The highest BCUT2D eigenvalue weighted by atomic mass is 19.1. The van der Waals surface area contributed by atoms with E-state index < -0.39 is 0 Å². The van der Waals surface area contributed by atoms with E-state index >= 15 is 0 Å². The van der Waals surface area contributed by atoms with Crippen molar-refractivity contribution in [2.75, 3.05) is 13.1 Å². The Labute approximate surface area is 152 Å². The SMILES string of the molecule is CC(C)CC(=O)N1CCC2(C1)Cn1c(-c3ccc(F)cc3)cnc1CO2. The fourth-order valence-electron chi connectivity index (χ4n) is 3.89. The van der Waals surface area contributed by atoms with Crippen LogP contribution in [-0.4, -0.2) is 39.0 Å². The molecule has 6 heteroatoms. The van der Waals surface area contributed by atoms with Gasteiger partial charge in [-0.1, -0.05) is 13.8 Å². The molecule has 0 N–H and O–H groups in total. The summed E-state index contributed by atoms with van der Waals surface area (Å²) in [5.41, 5.74) is 1.55. The molecular weight excluding hydrogens is 333 g/mol. The molecule has 1 aromatic carbocycles. The van der Waals surface area contributed by atoms with Gasteiger partial charge in [-0.3, -0.25) is 4.79 Å². The third kappa shape index (κ3) is 3.14. The quantitative estimate of drug-likeness (QED) is 0.847. The fourth-order valence-corrected chi connectivity index (χ4v) is 3.89. The first-order chi connectivity index (χ1) is 12.5. The Morgan fingerprint density at radius 3 is 2.81 bits per heavy atom. The molecule has 2 aliphatic rings. The number of amides is 1. The first kappa shape index (κ1) is 17.2. The van der Waals surface area contributed by atoms with Crippen molar-refractivity contribution in [3.05, 3.63) is 42.1 Å². The van der Waals surface area contributed by atoms with E-state index in [1.807, 2.05) is 11.1 Å². The number of hydrogen-bond donors (Lipinski definition) is 0. The Morgan fingerprint density at radius 2 is 2.08 bits per heavy atom. The third-order valence-corrected chi connectivity index (χ3v) is 5.28. The van der Waals surface area contributed by atoms with E-state index in [1.54, 1.807) is 12.1 Å². The molecule has 0 radical (unpaired) electrons. The number of rotatable bonds is 3. The number of hydrogen-bond acceptors (Lipinski definition) is 3. The second-order valence-electron chi connectivity index (χ2n) is 7.79. The van der Waals surface area contributed by atoms with Crippen LogP contribution >= 0.6 is 0 Å². The van der Waals surface area contributed by atoms with Crippen molar-refractivity contribution in [1.82, 2.24) is 14.5 Å². The maximum absolute atomic E-state index is 13.2. The Morgan fingerprint density at radius 1 is 1.31 bits per heavy atom. The Hall–Kier alpha value is -2.21. The Kier molecular flexibility index (Phi) is 4.31. The van der Waals surface area contributed by atoms with Gasteiger partial charge in [0.2, 0.25) is 5.91 Å². The smallest absolute Gasteiger partial charge is 0.222 e. The van der Waals surface area contributed by atoms with Crippen molar-refractivity contribution in [2.24, 2.45) is 5.92 Å². The Balaban J connectivity index is 1.55. The van der Waals surface area contributed by atoms with E-state index in [-0.39, 0.29) is 17.3 Å². The number of nitrogens with zero attached hydrogens (tertiary/aromatic N) is 3. The van der Waals surface area contributed by atoms with Crippen LogP contribution in [0.5, 0.6) is 0 Å². The van der Waals surface area contributed by atoms with Crippen LogP contribution in [0.15, 0.2) is 30.5 Å². The summed E-state index contributed by atoms with van der Waals surface area (Å²) in [6.45, 7) is 6.59. The summed E-state index contributed by atoms with van der Waals surface area (Å²) < 4.78 is 21.6. The molecule has 0 aliphatic carbocycles. The average Bonchev–Trinajstić information content (AvgIpc) is 3.20. The van der Waals surface area contributed by atoms with Crippen molar-refractivity contribution < 1.29 is 13.9 Å². The number of benzene rings is 1. The van der Waals surface area contributed by atoms with E-state index in [2.05, 4.69) is 23.4 Å². The zero-order valence-electron chi connectivity index (χ0n) is 15.2. The Bertz CT molecular complexity index is 815.